The van der Waals surface area contributed by atoms with Crippen LogP contribution in [-0.4, -0.2) is 33.2 Å². The van der Waals surface area contributed by atoms with Crippen molar-refractivity contribution in [3.8, 4) is 6.07 Å². The van der Waals surface area contributed by atoms with Crippen molar-refractivity contribution >= 4 is 19.9 Å². The summed E-state index contributed by atoms with van der Waals surface area (Å²) in [5.74, 6) is 0. The Labute approximate surface area is 276 Å². The third kappa shape index (κ3) is 19.9. The number of nitriles is 1. The van der Waals surface area contributed by atoms with Gasteiger partial charge in [-0.3, -0.25) is 20.2 Å². The van der Waals surface area contributed by atoms with E-state index in [1.807, 2.05) is 122 Å². The van der Waals surface area contributed by atoms with E-state index < -0.39 is 24.5 Å². The normalized spacial score (nSPS) is 9.84. The van der Waals surface area contributed by atoms with Gasteiger partial charge in [-0.2, -0.15) is 5.26 Å². The number of nitro groups is 2. The van der Waals surface area contributed by atoms with Gasteiger partial charge in [-0.05, 0) is 39.8 Å². The van der Waals surface area contributed by atoms with Crippen molar-refractivity contribution in [2.24, 2.45) is 0 Å². The molecule has 0 bridgehead atoms. The Hall–Kier alpha value is -2.96. The van der Waals surface area contributed by atoms with E-state index in [-0.39, 0.29) is 47.6 Å². The van der Waals surface area contributed by atoms with Crippen LogP contribution in [0, 0.1) is 31.6 Å². The molecule has 11 heteroatoms. The summed E-state index contributed by atoms with van der Waals surface area (Å²) >= 11 is 0. The van der Waals surface area contributed by atoms with E-state index in [0.717, 1.165) is 0 Å². The zero-order valence-corrected chi connectivity index (χ0v) is 31.8. The maximum Gasteiger partial charge on any atom is 0.275 e. The molecule has 1 atom stereocenters. The van der Waals surface area contributed by atoms with Gasteiger partial charge in [0, 0.05) is 24.2 Å². The molecule has 0 heterocycles. The van der Waals surface area contributed by atoms with Crippen molar-refractivity contribution in [1.82, 2.24) is 4.67 Å². The molecule has 0 aromatic heterocycles. The Morgan fingerprint density at radius 1 is 0.711 bits per heavy atom. The van der Waals surface area contributed by atoms with Crippen LogP contribution in [0.2, 0.25) is 0 Å². The third-order valence-electron chi connectivity index (χ3n) is 4.69. The van der Waals surface area contributed by atoms with Gasteiger partial charge in [0.05, 0.1) is 40.1 Å². The Morgan fingerprint density at radius 3 is 1.33 bits per heavy atom. The van der Waals surface area contributed by atoms with Crippen LogP contribution in [0.3, 0.4) is 0 Å². The van der Waals surface area contributed by atoms with Crippen LogP contribution in [0.4, 0.5) is 11.4 Å². The summed E-state index contributed by atoms with van der Waals surface area (Å²) in [5, 5.41) is 32.5. The van der Waals surface area contributed by atoms with Crippen molar-refractivity contribution in [2.45, 2.75) is 135 Å². The molecule has 2 aromatic rings. The molecule has 0 aliphatic rings. The number of nitro benzene ring substituents is 2. The number of hydrogen-bond donors (Lipinski definition) is 0. The molecular formula is C34H63N4O6P. The Bertz CT molecular complexity index is 951. The van der Waals surface area contributed by atoms with Crippen molar-refractivity contribution in [2.75, 3.05) is 6.61 Å². The van der Waals surface area contributed by atoms with Crippen molar-refractivity contribution < 1.29 is 18.9 Å². The molecule has 0 N–H and O–H groups in total. The van der Waals surface area contributed by atoms with Gasteiger partial charge in [0.25, 0.3) is 19.9 Å². The molecule has 45 heavy (non-hydrogen) atoms. The van der Waals surface area contributed by atoms with E-state index in [1.165, 1.54) is 36.4 Å². The average molecular weight is 655 g/mol. The minimum Gasteiger partial charge on any atom is -0.321 e. The molecule has 260 valence electrons. The summed E-state index contributed by atoms with van der Waals surface area (Å²) in [4.78, 5) is 22.5. The lowest BCUT2D eigenvalue weighted by atomic mass is 9.98. The van der Waals surface area contributed by atoms with Gasteiger partial charge in [0.2, 0.25) is 0 Å². The van der Waals surface area contributed by atoms with E-state index in [2.05, 4.69) is 0 Å². The zero-order chi connectivity index (χ0) is 36.5. The lowest BCUT2D eigenvalue weighted by Crippen LogP contribution is -2.34. The molecular weight excluding hydrogens is 591 g/mol. The standard InChI is InChI=1S/C22H27N4O6P.6C2H6/c1-16(2)24(17(3)4)33(31-15-9-14-23)32-22(18-10-5-7-12-20(18)25(27)28)19-11-6-8-13-21(19)26(29)30;6*1-2/h5-8,10-13,16-17,22H,9,15H2,1-4H3;6*1-2H3. The van der Waals surface area contributed by atoms with E-state index >= 15 is 0 Å². The molecule has 0 fully saturated rings. The summed E-state index contributed by atoms with van der Waals surface area (Å²) in [6.45, 7) is 31.9. The molecule has 0 aliphatic carbocycles. The fourth-order valence-corrected chi connectivity index (χ4v) is 5.13. The van der Waals surface area contributed by atoms with E-state index in [0.29, 0.717) is 0 Å². The van der Waals surface area contributed by atoms with Crippen molar-refractivity contribution in [3.05, 3.63) is 79.9 Å². The molecule has 0 saturated heterocycles. The first-order chi connectivity index (χ1) is 21.7. The third-order valence-corrected chi connectivity index (χ3v) is 6.79. The fraction of sp³-hybridized carbons (Fsp3) is 0.618. The van der Waals surface area contributed by atoms with Crippen LogP contribution in [0.25, 0.3) is 0 Å². The lowest BCUT2D eigenvalue weighted by molar-refractivity contribution is -0.387. The molecule has 0 radical (unpaired) electrons. The Morgan fingerprint density at radius 2 is 1.04 bits per heavy atom. The second kappa shape index (κ2) is 35.5. The summed E-state index contributed by atoms with van der Waals surface area (Å²) in [6.07, 6.45) is -1.00. The van der Waals surface area contributed by atoms with Crippen LogP contribution in [-0.2, 0) is 9.05 Å². The van der Waals surface area contributed by atoms with Crippen LogP contribution in [0.1, 0.15) is 134 Å². The van der Waals surface area contributed by atoms with Crippen LogP contribution in [0.5, 0.6) is 0 Å². The monoisotopic (exact) mass is 654 g/mol. The lowest BCUT2D eigenvalue weighted by Gasteiger charge is -2.37. The zero-order valence-electron chi connectivity index (χ0n) is 31.0. The number of benzene rings is 2. The molecule has 2 rings (SSSR count). The second-order valence-corrected chi connectivity index (χ2v) is 9.07. The minimum atomic E-state index is -1.83. The molecule has 0 spiro atoms. The Balaban J connectivity index is -0.000000396. The van der Waals surface area contributed by atoms with Crippen LogP contribution in [0.15, 0.2) is 48.5 Å². The van der Waals surface area contributed by atoms with Gasteiger partial charge in [0.1, 0.15) is 6.10 Å². The second-order valence-electron chi connectivity index (χ2n) is 7.66. The summed E-state index contributed by atoms with van der Waals surface area (Å²) in [5.41, 5.74) is -0.0668. The average Bonchev–Trinajstić information content (AvgIpc) is 3.08. The molecule has 0 saturated carbocycles. The Kier molecular flexibility index (Phi) is 40.7. The summed E-state index contributed by atoms with van der Waals surface area (Å²) in [6, 6.07) is 14.0. The number of para-hydroxylation sites is 2. The maximum atomic E-state index is 11.8. The fourth-order valence-electron chi connectivity index (χ4n) is 3.42. The highest BCUT2D eigenvalue weighted by atomic mass is 31.2. The number of nitrogens with zero attached hydrogens (tertiary/aromatic N) is 4. The predicted octanol–water partition coefficient (Wildman–Crippen LogP) is 12.0. The van der Waals surface area contributed by atoms with Gasteiger partial charge in [-0.1, -0.05) is 107 Å². The van der Waals surface area contributed by atoms with Gasteiger partial charge in [-0.25, -0.2) is 4.67 Å². The first-order valence-electron chi connectivity index (χ1n) is 16.4. The van der Waals surface area contributed by atoms with Crippen LogP contribution < -0.4 is 0 Å². The largest absolute Gasteiger partial charge is 0.321 e. The summed E-state index contributed by atoms with van der Waals surface area (Å²) in [7, 11) is -1.83. The van der Waals surface area contributed by atoms with Gasteiger partial charge >= 0.3 is 0 Å². The van der Waals surface area contributed by atoms with Crippen molar-refractivity contribution in [3.63, 3.8) is 0 Å². The highest BCUT2D eigenvalue weighted by Gasteiger charge is 2.36. The number of hydrogen-bond acceptors (Lipinski definition) is 8. The first kappa shape index (κ1) is 51.6. The highest BCUT2D eigenvalue weighted by Crippen LogP contribution is 2.53. The predicted molar refractivity (Wildman–Crippen MR) is 192 cm³/mol. The van der Waals surface area contributed by atoms with E-state index in [4.69, 9.17) is 14.3 Å². The van der Waals surface area contributed by atoms with Gasteiger partial charge < -0.3 is 9.05 Å². The van der Waals surface area contributed by atoms with E-state index in [1.54, 1.807) is 12.1 Å². The SMILES string of the molecule is CC.CC.CC.CC.CC.CC.CC(C)N(C(C)C)P(OCCC#N)OC(c1ccccc1[N+](=O)[O-])c1ccccc1[N+](=O)[O-]. The summed E-state index contributed by atoms with van der Waals surface area (Å²) < 4.78 is 14.3. The molecule has 1 unspecified atom stereocenters. The van der Waals surface area contributed by atoms with Crippen LogP contribution >= 0.6 is 8.53 Å². The maximum absolute atomic E-state index is 11.8. The highest BCUT2D eigenvalue weighted by molar-refractivity contribution is 7.44. The smallest absolute Gasteiger partial charge is 0.275 e. The van der Waals surface area contributed by atoms with Crippen molar-refractivity contribution in [1.29, 1.82) is 5.26 Å². The first-order valence-corrected chi connectivity index (χ1v) is 17.5. The number of rotatable bonds is 12. The quantitative estimate of drug-likeness (QED) is 0.0955. The molecule has 2 aromatic carbocycles. The topological polar surface area (TPSA) is 132 Å². The van der Waals surface area contributed by atoms with Gasteiger partial charge in [-0.15, -0.1) is 0 Å². The molecule has 10 nitrogen and oxygen atoms in total. The van der Waals surface area contributed by atoms with E-state index in [9.17, 15) is 20.2 Å². The molecule has 0 amide bonds. The minimum absolute atomic E-state index is 0.0182. The molecule has 0 aliphatic heterocycles. The van der Waals surface area contributed by atoms with Gasteiger partial charge in [0.15, 0.2) is 0 Å².